The highest BCUT2D eigenvalue weighted by molar-refractivity contribution is 9.10. The minimum absolute atomic E-state index is 0.258. The number of benzene rings is 1. The van der Waals surface area contributed by atoms with E-state index in [1.54, 1.807) is 18.2 Å². The fourth-order valence-corrected chi connectivity index (χ4v) is 2.55. The second-order valence-electron chi connectivity index (χ2n) is 4.60. The number of amides is 2. The Hall–Kier alpha value is -1.31. The molecule has 21 heavy (non-hydrogen) atoms. The van der Waals surface area contributed by atoms with Crippen LogP contribution in [0.5, 0.6) is 0 Å². The van der Waals surface area contributed by atoms with Crippen LogP contribution >= 0.6 is 27.5 Å². The van der Waals surface area contributed by atoms with Gasteiger partial charge in [-0.3, -0.25) is 0 Å². The molecule has 3 N–H and O–H groups in total. The first-order valence-corrected chi connectivity index (χ1v) is 7.51. The molecule has 2 amide bonds. The van der Waals surface area contributed by atoms with E-state index < -0.39 is 18.1 Å². The number of carboxylic acid groups (broad SMARTS) is 1. The molecule has 2 rings (SSSR count). The third-order valence-electron chi connectivity index (χ3n) is 3.07. The lowest BCUT2D eigenvalue weighted by Gasteiger charge is -2.13. The van der Waals surface area contributed by atoms with E-state index in [1.807, 2.05) is 0 Å². The van der Waals surface area contributed by atoms with Gasteiger partial charge in [-0.1, -0.05) is 17.7 Å². The molecule has 114 valence electrons. The largest absolute Gasteiger partial charge is 0.479 e. The molecule has 1 aromatic rings. The molecule has 1 aliphatic rings. The van der Waals surface area contributed by atoms with Crippen molar-refractivity contribution in [2.24, 2.45) is 0 Å². The zero-order valence-corrected chi connectivity index (χ0v) is 13.3. The molecular formula is C13H14BrClN2O4. The third kappa shape index (κ3) is 4.33. The maximum atomic E-state index is 11.8. The van der Waals surface area contributed by atoms with Crippen LogP contribution in [0.4, 0.5) is 10.5 Å². The molecule has 1 fully saturated rings. The Balaban J connectivity index is 1.80. The van der Waals surface area contributed by atoms with Crippen LogP contribution < -0.4 is 10.6 Å². The topological polar surface area (TPSA) is 87.7 Å². The number of hydrogen-bond donors (Lipinski definition) is 3. The van der Waals surface area contributed by atoms with Crippen molar-refractivity contribution in [3.05, 3.63) is 27.7 Å². The third-order valence-corrected chi connectivity index (χ3v) is 4.47. The zero-order valence-electron chi connectivity index (χ0n) is 10.9. The summed E-state index contributed by atoms with van der Waals surface area (Å²) in [7, 11) is 0. The van der Waals surface area contributed by atoms with Gasteiger partial charge in [-0.15, -0.1) is 0 Å². The van der Waals surface area contributed by atoms with Crippen LogP contribution in [0.3, 0.4) is 0 Å². The van der Waals surface area contributed by atoms with Crippen LogP contribution in [0.2, 0.25) is 5.02 Å². The molecule has 6 nitrogen and oxygen atoms in total. The standard InChI is InChI=1S/C13H14BrClN2O4/c14-11-8(15)2-1-3-9(11)17-13(20)16-6-7-4-5-10(21-7)12(18)19/h1-3,7,10H,4-6H2,(H,18,19)(H2,16,17,20). The SMILES string of the molecule is O=C(NCC1CCC(C(=O)O)O1)Nc1cccc(Cl)c1Br. The molecule has 1 saturated heterocycles. The highest BCUT2D eigenvalue weighted by Crippen LogP contribution is 2.29. The molecule has 8 heteroatoms. The van der Waals surface area contributed by atoms with Gasteiger partial charge >= 0.3 is 12.0 Å². The fraction of sp³-hybridized carbons (Fsp3) is 0.385. The number of halogens is 2. The second kappa shape index (κ2) is 7.11. The van der Waals surface area contributed by atoms with Crippen molar-refractivity contribution in [2.75, 3.05) is 11.9 Å². The van der Waals surface area contributed by atoms with Crippen LogP contribution in [0.1, 0.15) is 12.8 Å². The molecule has 0 aromatic heterocycles. The first kappa shape index (κ1) is 16.1. The van der Waals surface area contributed by atoms with Crippen molar-refractivity contribution >= 4 is 45.2 Å². The van der Waals surface area contributed by atoms with Gasteiger partial charge in [-0.2, -0.15) is 0 Å². The minimum atomic E-state index is -0.968. The lowest BCUT2D eigenvalue weighted by molar-refractivity contribution is -0.149. The number of carbonyl (C=O) groups excluding carboxylic acids is 1. The lowest BCUT2D eigenvalue weighted by atomic mass is 10.2. The van der Waals surface area contributed by atoms with E-state index in [1.165, 1.54) is 0 Å². The maximum absolute atomic E-state index is 11.8. The molecule has 0 saturated carbocycles. The molecule has 0 aliphatic carbocycles. The summed E-state index contributed by atoms with van der Waals surface area (Å²) in [6.45, 7) is 0.258. The molecular weight excluding hydrogens is 364 g/mol. The van der Waals surface area contributed by atoms with Crippen molar-refractivity contribution in [3.8, 4) is 0 Å². The molecule has 1 aliphatic heterocycles. The highest BCUT2D eigenvalue weighted by Gasteiger charge is 2.30. The average Bonchev–Trinajstić information content (AvgIpc) is 2.91. The summed E-state index contributed by atoms with van der Waals surface area (Å²) >= 11 is 9.21. The van der Waals surface area contributed by atoms with E-state index in [9.17, 15) is 9.59 Å². The highest BCUT2D eigenvalue weighted by atomic mass is 79.9. The number of ether oxygens (including phenoxy) is 1. The van der Waals surface area contributed by atoms with Crippen molar-refractivity contribution in [2.45, 2.75) is 25.0 Å². The summed E-state index contributed by atoms with van der Waals surface area (Å²) in [5, 5.41) is 14.6. The van der Waals surface area contributed by atoms with Gasteiger partial charge in [0, 0.05) is 6.54 Å². The zero-order chi connectivity index (χ0) is 15.4. The van der Waals surface area contributed by atoms with E-state index in [0.29, 0.717) is 28.0 Å². The van der Waals surface area contributed by atoms with Gasteiger partial charge in [0.25, 0.3) is 0 Å². The number of aliphatic carboxylic acids is 1. The molecule has 1 aromatic carbocycles. The fourth-order valence-electron chi connectivity index (χ4n) is 2.01. The Morgan fingerprint density at radius 3 is 2.86 bits per heavy atom. The van der Waals surface area contributed by atoms with Crippen LogP contribution in [0.15, 0.2) is 22.7 Å². The number of anilines is 1. The number of rotatable bonds is 4. The Bertz CT molecular complexity index is 555. The average molecular weight is 378 g/mol. The molecule has 0 bridgehead atoms. The Labute approximate surface area is 134 Å². The van der Waals surface area contributed by atoms with E-state index >= 15 is 0 Å². The van der Waals surface area contributed by atoms with E-state index in [4.69, 9.17) is 21.4 Å². The summed E-state index contributed by atoms with van der Waals surface area (Å²) in [6.07, 6.45) is 0.0166. The Kier molecular flexibility index (Phi) is 5.44. The van der Waals surface area contributed by atoms with Crippen molar-refractivity contribution in [1.82, 2.24) is 5.32 Å². The number of hydrogen-bond acceptors (Lipinski definition) is 3. The maximum Gasteiger partial charge on any atom is 0.332 e. The van der Waals surface area contributed by atoms with E-state index in [-0.39, 0.29) is 12.6 Å². The number of urea groups is 1. The van der Waals surface area contributed by atoms with Crippen LogP contribution in [-0.4, -0.2) is 35.9 Å². The normalized spacial score (nSPS) is 21.0. The Morgan fingerprint density at radius 2 is 2.19 bits per heavy atom. The van der Waals surface area contributed by atoms with Crippen LogP contribution in [-0.2, 0) is 9.53 Å². The minimum Gasteiger partial charge on any atom is -0.479 e. The van der Waals surface area contributed by atoms with E-state index in [0.717, 1.165) is 0 Å². The summed E-state index contributed by atoms with van der Waals surface area (Å²) in [4.78, 5) is 22.5. The van der Waals surface area contributed by atoms with Gasteiger partial charge in [0.15, 0.2) is 6.10 Å². The summed E-state index contributed by atoms with van der Waals surface area (Å²) in [5.41, 5.74) is 0.552. The molecule has 2 unspecified atom stereocenters. The first-order chi connectivity index (χ1) is 9.97. The quantitative estimate of drug-likeness (QED) is 0.753. The van der Waals surface area contributed by atoms with Crippen LogP contribution in [0, 0.1) is 0 Å². The van der Waals surface area contributed by atoms with Crippen molar-refractivity contribution in [3.63, 3.8) is 0 Å². The summed E-state index contributed by atoms with van der Waals surface area (Å²) in [5.74, 6) is -0.968. The van der Waals surface area contributed by atoms with Gasteiger partial charge in [0.1, 0.15) is 0 Å². The van der Waals surface area contributed by atoms with Gasteiger partial charge in [0.05, 0.1) is 21.3 Å². The van der Waals surface area contributed by atoms with E-state index in [2.05, 4.69) is 26.6 Å². The van der Waals surface area contributed by atoms with Gasteiger partial charge < -0.3 is 20.5 Å². The molecule has 2 atom stereocenters. The number of carboxylic acids is 1. The van der Waals surface area contributed by atoms with Crippen molar-refractivity contribution < 1.29 is 19.4 Å². The van der Waals surface area contributed by atoms with Crippen LogP contribution in [0.25, 0.3) is 0 Å². The van der Waals surface area contributed by atoms with Gasteiger partial charge in [0.2, 0.25) is 0 Å². The molecule has 0 spiro atoms. The molecule has 1 heterocycles. The van der Waals surface area contributed by atoms with Gasteiger partial charge in [-0.25, -0.2) is 9.59 Å². The Morgan fingerprint density at radius 1 is 1.43 bits per heavy atom. The predicted molar refractivity (Wildman–Crippen MR) is 81.7 cm³/mol. The first-order valence-electron chi connectivity index (χ1n) is 6.34. The monoisotopic (exact) mass is 376 g/mol. The number of nitrogens with one attached hydrogen (secondary N) is 2. The second-order valence-corrected chi connectivity index (χ2v) is 5.80. The summed E-state index contributed by atoms with van der Waals surface area (Å²) < 4.78 is 5.90. The van der Waals surface area contributed by atoms with Gasteiger partial charge in [-0.05, 0) is 40.9 Å². The lowest BCUT2D eigenvalue weighted by Crippen LogP contribution is -2.36. The molecule has 0 radical (unpaired) electrons. The van der Waals surface area contributed by atoms with Crippen molar-refractivity contribution in [1.29, 1.82) is 0 Å². The predicted octanol–water partition coefficient (Wildman–Crippen LogP) is 2.86. The number of carbonyl (C=O) groups is 2. The smallest absolute Gasteiger partial charge is 0.332 e. The summed E-state index contributed by atoms with van der Waals surface area (Å²) in [6, 6.07) is 4.73.